The second kappa shape index (κ2) is 4.36. The zero-order valence-electron chi connectivity index (χ0n) is 9.22. The first kappa shape index (κ1) is 11.3. The van der Waals surface area contributed by atoms with Crippen LogP contribution in [0.25, 0.3) is 0 Å². The van der Waals surface area contributed by atoms with Crippen LogP contribution in [0.4, 0.5) is 0 Å². The van der Waals surface area contributed by atoms with Gasteiger partial charge in [-0.15, -0.1) is 0 Å². The van der Waals surface area contributed by atoms with Gasteiger partial charge in [-0.3, -0.25) is 4.90 Å². The molecule has 1 saturated heterocycles. The Labute approximate surface area is 96.6 Å². The van der Waals surface area contributed by atoms with Gasteiger partial charge in [0.15, 0.2) is 0 Å². The van der Waals surface area contributed by atoms with Gasteiger partial charge in [-0.1, -0.05) is 19.1 Å². The Kier molecular flexibility index (Phi) is 3.28. The van der Waals surface area contributed by atoms with E-state index in [0.717, 1.165) is 32.4 Å². The maximum atomic E-state index is 9.82. The zero-order chi connectivity index (χ0) is 11.0. The average Bonchev–Trinajstić information content (AvgIpc) is 2.70. The average molecular weight is 228 g/mol. The highest BCUT2D eigenvalue weighted by molar-refractivity contribution is 7.80. The fourth-order valence-electron chi connectivity index (χ4n) is 3.16. The molecule has 2 rings (SSSR count). The Morgan fingerprint density at radius 2 is 2.27 bits per heavy atom. The fraction of sp³-hybridized carbons (Fsp3) is 0.909. The lowest BCUT2D eigenvalue weighted by atomic mass is 10.00. The predicted octanol–water partition coefficient (Wildman–Crippen LogP) is 0.754. The zero-order valence-corrected chi connectivity index (χ0v) is 10.0. The number of fused-ring (bicyclic) bond motifs is 1. The number of aliphatic hydroxyl groups is 1. The number of thiocarbonyl (C=S) groups is 1. The first-order valence-corrected chi connectivity index (χ1v) is 6.25. The van der Waals surface area contributed by atoms with E-state index in [1.807, 2.05) is 0 Å². The summed E-state index contributed by atoms with van der Waals surface area (Å²) in [5.74, 6) is 1.14. The molecule has 0 aromatic heterocycles. The highest BCUT2D eigenvalue weighted by Crippen LogP contribution is 2.39. The molecule has 2 fully saturated rings. The smallest absolute Gasteiger partial charge is 0.0901 e. The lowest BCUT2D eigenvalue weighted by Gasteiger charge is -2.26. The molecule has 1 heterocycles. The van der Waals surface area contributed by atoms with Crippen molar-refractivity contribution in [2.75, 3.05) is 13.1 Å². The van der Waals surface area contributed by atoms with Gasteiger partial charge in [0.2, 0.25) is 0 Å². The summed E-state index contributed by atoms with van der Waals surface area (Å²) in [6.45, 7) is 4.16. The minimum atomic E-state index is -0.0937. The van der Waals surface area contributed by atoms with E-state index in [4.69, 9.17) is 18.0 Å². The summed E-state index contributed by atoms with van der Waals surface area (Å²) < 4.78 is 0. The van der Waals surface area contributed by atoms with Crippen molar-refractivity contribution in [1.82, 2.24) is 4.90 Å². The number of aliphatic hydroxyl groups excluding tert-OH is 1. The van der Waals surface area contributed by atoms with E-state index >= 15 is 0 Å². The molecule has 4 atom stereocenters. The van der Waals surface area contributed by atoms with E-state index in [1.54, 1.807) is 0 Å². The van der Waals surface area contributed by atoms with Crippen LogP contribution < -0.4 is 5.73 Å². The summed E-state index contributed by atoms with van der Waals surface area (Å²) in [4.78, 5) is 2.96. The quantitative estimate of drug-likeness (QED) is 0.700. The molecule has 4 heteroatoms. The summed E-state index contributed by atoms with van der Waals surface area (Å²) in [7, 11) is 0. The van der Waals surface area contributed by atoms with Gasteiger partial charge in [0.1, 0.15) is 0 Å². The van der Waals surface area contributed by atoms with E-state index in [9.17, 15) is 5.11 Å². The molecule has 2 aliphatic rings. The van der Waals surface area contributed by atoms with Gasteiger partial charge in [-0.25, -0.2) is 0 Å². The Bertz CT molecular complexity index is 259. The molecule has 1 saturated carbocycles. The number of hydrogen-bond acceptors (Lipinski definition) is 3. The molecule has 4 unspecified atom stereocenters. The highest BCUT2D eigenvalue weighted by Gasteiger charge is 2.43. The van der Waals surface area contributed by atoms with Gasteiger partial charge < -0.3 is 10.8 Å². The number of rotatable bonds is 3. The summed E-state index contributed by atoms with van der Waals surface area (Å²) in [5.41, 5.74) is 5.74. The fourth-order valence-corrected chi connectivity index (χ4v) is 3.48. The molecule has 0 spiro atoms. The first-order chi connectivity index (χ1) is 7.13. The Hall–Kier alpha value is -0.190. The molecular formula is C11H20N2OS. The van der Waals surface area contributed by atoms with Crippen molar-refractivity contribution in [2.24, 2.45) is 17.6 Å². The number of likely N-dealkylation sites (tertiary alicyclic amines) is 1. The van der Waals surface area contributed by atoms with Gasteiger partial charge in [-0.05, 0) is 25.2 Å². The van der Waals surface area contributed by atoms with Crippen molar-refractivity contribution < 1.29 is 5.11 Å². The summed E-state index contributed by atoms with van der Waals surface area (Å²) >= 11 is 5.09. The van der Waals surface area contributed by atoms with Gasteiger partial charge in [-0.2, -0.15) is 0 Å². The molecule has 0 aromatic rings. The third-order valence-electron chi connectivity index (χ3n) is 4.00. The molecular weight excluding hydrogens is 208 g/mol. The monoisotopic (exact) mass is 228 g/mol. The maximum absolute atomic E-state index is 9.82. The SMILES string of the molecule is CCC(C(N)=S)N1CC2CCC(O)C2C1. The van der Waals surface area contributed by atoms with Crippen molar-refractivity contribution in [3.05, 3.63) is 0 Å². The molecule has 0 aromatic carbocycles. The normalized spacial score (nSPS) is 37.9. The molecule has 1 aliphatic heterocycles. The van der Waals surface area contributed by atoms with Crippen LogP contribution in [0.1, 0.15) is 26.2 Å². The van der Waals surface area contributed by atoms with Gasteiger partial charge in [0.25, 0.3) is 0 Å². The molecule has 3 nitrogen and oxygen atoms in total. The summed E-state index contributed by atoms with van der Waals surface area (Å²) in [6.07, 6.45) is 3.03. The van der Waals surface area contributed by atoms with E-state index in [0.29, 0.717) is 16.8 Å². The van der Waals surface area contributed by atoms with Gasteiger partial charge in [0.05, 0.1) is 17.1 Å². The van der Waals surface area contributed by atoms with Crippen LogP contribution >= 0.6 is 12.2 Å². The number of nitrogens with zero attached hydrogens (tertiary/aromatic N) is 1. The first-order valence-electron chi connectivity index (χ1n) is 5.85. The largest absolute Gasteiger partial charge is 0.393 e. The van der Waals surface area contributed by atoms with Crippen LogP contribution in [0, 0.1) is 11.8 Å². The van der Waals surface area contributed by atoms with Crippen molar-refractivity contribution >= 4 is 17.2 Å². The van der Waals surface area contributed by atoms with E-state index in [1.165, 1.54) is 0 Å². The summed E-state index contributed by atoms with van der Waals surface area (Å²) in [5, 5.41) is 9.82. The molecule has 0 amide bonds. The van der Waals surface area contributed by atoms with Crippen molar-refractivity contribution in [3.63, 3.8) is 0 Å². The van der Waals surface area contributed by atoms with E-state index in [-0.39, 0.29) is 12.1 Å². The third-order valence-corrected chi connectivity index (χ3v) is 4.28. The van der Waals surface area contributed by atoms with Crippen LogP contribution in [0.2, 0.25) is 0 Å². The molecule has 0 radical (unpaired) electrons. The molecule has 15 heavy (non-hydrogen) atoms. The standard InChI is InChI=1S/C11H20N2OS/c1-2-9(11(12)15)13-5-7-3-4-10(14)8(7)6-13/h7-10,14H,2-6H2,1H3,(H2,12,15). The second-order valence-corrected chi connectivity index (χ2v) is 5.32. The second-order valence-electron chi connectivity index (χ2n) is 4.85. The Morgan fingerprint density at radius 1 is 1.53 bits per heavy atom. The van der Waals surface area contributed by atoms with E-state index < -0.39 is 0 Å². The molecule has 0 bridgehead atoms. The minimum Gasteiger partial charge on any atom is -0.393 e. The van der Waals surface area contributed by atoms with Crippen molar-refractivity contribution in [3.8, 4) is 0 Å². The summed E-state index contributed by atoms with van der Waals surface area (Å²) in [6, 6.07) is 0.234. The third kappa shape index (κ3) is 2.03. The Morgan fingerprint density at radius 3 is 2.80 bits per heavy atom. The molecule has 86 valence electrons. The number of hydrogen-bond donors (Lipinski definition) is 2. The van der Waals surface area contributed by atoms with E-state index in [2.05, 4.69) is 11.8 Å². The van der Waals surface area contributed by atoms with Gasteiger partial charge >= 0.3 is 0 Å². The number of nitrogens with two attached hydrogens (primary N) is 1. The molecule has 3 N–H and O–H groups in total. The minimum absolute atomic E-state index is 0.0937. The lowest BCUT2D eigenvalue weighted by molar-refractivity contribution is 0.122. The van der Waals surface area contributed by atoms with Crippen LogP contribution in [0.5, 0.6) is 0 Å². The van der Waals surface area contributed by atoms with Crippen LogP contribution in [0.15, 0.2) is 0 Å². The van der Waals surface area contributed by atoms with Gasteiger partial charge in [0, 0.05) is 19.0 Å². The Balaban J connectivity index is 2.00. The topological polar surface area (TPSA) is 49.5 Å². The van der Waals surface area contributed by atoms with Crippen molar-refractivity contribution in [1.29, 1.82) is 0 Å². The maximum Gasteiger partial charge on any atom is 0.0901 e. The van der Waals surface area contributed by atoms with Crippen LogP contribution in [0.3, 0.4) is 0 Å². The lowest BCUT2D eigenvalue weighted by Crippen LogP contribution is -2.43. The van der Waals surface area contributed by atoms with Crippen LogP contribution in [-0.2, 0) is 0 Å². The predicted molar refractivity (Wildman–Crippen MR) is 64.7 cm³/mol. The van der Waals surface area contributed by atoms with Crippen LogP contribution in [-0.4, -0.2) is 40.2 Å². The van der Waals surface area contributed by atoms with Crippen molar-refractivity contribution in [2.45, 2.75) is 38.3 Å². The highest BCUT2D eigenvalue weighted by atomic mass is 32.1. The molecule has 1 aliphatic carbocycles.